The molecular weight excluding hydrogens is 254 g/mol. The van der Waals surface area contributed by atoms with Crippen molar-refractivity contribution in [2.45, 2.75) is 69.5 Å². The fraction of sp³-hybridized carbons (Fsp3) is 0.867. The van der Waals surface area contributed by atoms with E-state index in [2.05, 4.69) is 15.5 Å². The summed E-state index contributed by atoms with van der Waals surface area (Å²) in [6.07, 6.45) is 9.11. The van der Waals surface area contributed by atoms with E-state index in [0.29, 0.717) is 31.2 Å². The van der Waals surface area contributed by atoms with Gasteiger partial charge in [0.25, 0.3) is 0 Å². The predicted octanol–water partition coefficient (Wildman–Crippen LogP) is 0.788. The van der Waals surface area contributed by atoms with E-state index in [4.69, 9.17) is 0 Å². The van der Waals surface area contributed by atoms with E-state index < -0.39 is 0 Å². The number of rotatable bonds is 7. The Labute approximate surface area is 120 Å². The zero-order chi connectivity index (χ0) is 13.9. The van der Waals surface area contributed by atoms with Crippen LogP contribution in [-0.2, 0) is 9.59 Å². The van der Waals surface area contributed by atoms with Crippen LogP contribution >= 0.6 is 0 Å². The molecule has 0 aliphatic heterocycles. The van der Waals surface area contributed by atoms with Gasteiger partial charge in [-0.25, -0.2) is 0 Å². The maximum atomic E-state index is 12.0. The molecule has 0 spiro atoms. The van der Waals surface area contributed by atoms with Crippen LogP contribution < -0.4 is 10.6 Å². The topological polar surface area (TPSA) is 61.4 Å². The molecule has 0 saturated heterocycles. The standard InChI is InChI=1S/C15H25N3O2/c19-14(16-11-5-6-11)9-18(13-3-1-2-4-13)10-15(20)17-12-7-8-12/h11-13H,1-10H2,(H,16,19)(H,17,20). The molecule has 3 aliphatic carbocycles. The molecule has 3 saturated carbocycles. The quantitative estimate of drug-likeness (QED) is 0.724. The molecule has 0 bridgehead atoms. The summed E-state index contributed by atoms with van der Waals surface area (Å²) in [5, 5.41) is 6.04. The minimum atomic E-state index is 0.0821. The highest BCUT2D eigenvalue weighted by Gasteiger charge is 2.30. The normalized spacial score (nSPS) is 23.1. The van der Waals surface area contributed by atoms with Crippen molar-refractivity contribution in [3.8, 4) is 0 Å². The smallest absolute Gasteiger partial charge is 0.234 e. The summed E-state index contributed by atoms with van der Waals surface area (Å²) < 4.78 is 0. The Morgan fingerprint density at radius 1 is 0.800 bits per heavy atom. The predicted molar refractivity (Wildman–Crippen MR) is 76.2 cm³/mol. The van der Waals surface area contributed by atoms with E-state index in [1.807, 2.05) is 0 Å². The molecule has 0 aromatic rings. The van der Waals surface area contributed by atoms with Crippen LogP contribution in [0.25, 0.3) is 0 Å². The summed E-state index contributed by atoms with van der Waals surface area (Å²) in [4.78, 5) is 26.1. The molecular formula is C15H25N3O2. The first-order chi connectivity index (χ1) is 9.70. The molecule has 5 nitrogen and oxygen atoms in total. The number of hydrogen-bond donors (Lipinski definition) is 2. The van der Waals surface area contributed by atoms with Crippen molar-refractivity contribution in [1.29, 1.82) is 0 Å². The van der Waals surface area contributed by atoms with E-state index in [1.54, 1.807) is 0 Å². The van der Waals surface area contributed by atoms with Gasteiger partial charge in [0.15, 0.2) is 0 Å². The van der Waals surface area contributed by atoms with Crippen LogP contribution in [0.15, 0.2) is 0 Å². The van der Waals surface area contributed by atoms with Crippen LogP contribution in [0.5, 0.6) is 0 Å². The lowest BCUT2D eigenvalue weighted by Gasteiger charge is -2.27. The van der Waals surface area contributed by atoms with Gasteiger partial charge in [0.2, 0.25) is 11.8 Å². The Morgan fingerprint density at radius 2 is 1.25 bits per heavy atom. The summed E-state index contributed by atoms with van der Waals surface area (Å²) in [6, 6.07) is 1.20. The molecule has 3 rings (SSSR count). The fourth-order valence-corrected chi connectivity index (χ4v) is 2.95. The highest BCUT2D eigenvalue weighted by atomic mass is 16.2. The number of carbonyl (C=O) groups excluding carboxylic acids is 2. The SMILES string of the molecule is O=C(CN(CC(=O)NC1CC1)C1CCCC1)NC1CC1. The van der Waals surface area contributed by atoms with Gasteiger partial charge in [0, 0.05) is 18.1 Å². The fourth-order valence-electron chi connectivity index (χ4n) is 2.95. The number of nitrogens with one attached hydrogen (secondary N) is 2. The lowest BCUT2D eigenvalue weighted by molar-refractivity contribution is -0.126. The zero-order valence-electron chi connectivity index (χ0n) is 12.1. The molecule has 0 aromatic carbocycles. The van der Waals surface area contributed by atoms with E-state index in [-0.39, 0.29) is 11.8 Å². The van der Waals surface area contributed by atoms with Gasteiger partial charge < -0.3 is 10.6 Å². The van der Waals surface area contributed by atoms with E-state index in [9.17, 15) is 9.59 Å². The van der Waals surface area contributed by atoms with Crippen molar-refractivity contribution in [2.24, 2.45) is 0 Å². The Bertz CT molecular complexity index is 343. The number of nitrogens with zero attached hydrogens (tertiary/aromatic N) is 1. The molecule has 0 radical (unpaired) electrons. The number of hydrogen-bond acceptors (Lipinski definition) is 3. The van der Waals surface area contributed by atoms with Gasteiger partial charge in [-0.2, -0.15) is 0 Å². The molecule has 20 heavy (non-hydrogen) atoms. The number of amides is 2. The Morgan fingerprint density at radius 3 is 1.65 bits per heavy atom. The minimum absolute atomic E-state index is 0.0821. The van der Waals surface area contributed by atoms with Crippen LogP contribution in [0.1, 0.15) is 51.4 Å². The maximum absolute atomic E-state index is 12.0. The van der Waals surface area contributed by atoms with Gasteiger partial charge in [-0.3, -0.25) is 14.5 Å². The Hall–Kier alpha value is -1.10. The molecule has 3 fully saturated rings. The first-order valence-electron chi connectivity index (χ1n) is 8.03. The average Bonchev–Trinajstić information content (AvgIpc) is 3.32. The highest BCUT2D eigenvalue weighted by Crippen LogP contribution is 2.24. The molecule has 0 aromatic heterocycles. The van der Waals surface area contributed by atoms with Crippen LogP contribution in [0, 0.1) is 0 Å². The van der Waals surface area contributed by atoms with Crippen LogP contribution in [0.4, 0.5) is 0 Å². The summed E-state index contributed by atoms with van der Waals surface area (Å²) in [7, 11) is 0. The molecule has 0 unspecified atom stereocenters. The highest BCUT2D eigenvalue weighted by molar-refractivity contribution is 5.81. The average molecular weight is 279 g/mol. The van der Waals surface area contributed by atoms with Crippen molar-refractivity contribution in [3.63, 3.8) is 0 Å². The second-order valence-electron chi connectivity index (χ2n) is 6.53. The molecule has 2 N–H and O–H groups in total. The third kappa shape index (κ3) is 4.20. The van der Waals surface area contributed by atoms with Crippen molar-refractivity contribution >= 4 is 11.8 Å². The van der Waals surface area contributed by atoms with E-state index in [0.717, 1.165) is 38.5 Å². The number of carbonyl (C=O) groups is 2. The Kier molecular flexibility index (Phi) is 4.24. The van der Waals surface area contributed by atoms with Gasteiger partial charge in [0.1, 0.15) is 0 Å². The van der Waals surface area contributed by atoms with Crippen molar-refractivity contribution < 1.29 is 9.59 Å². The van der Waals surface area contributed by atoms with Crippen molar-refractivity contribution in [3.05, 3.63) is 0 Å². The molecule has 5 heteroatoms. The largest absolute Gasteiger partial charge is 0.352 e. The van der Waals surface area contributed by atoms with Crippen LogP contribution in [-0.4, -0.2) is 47.9 Å². The summed E-state index contributed by atoms with van der Waals surface area (Å²) in [6.45, 7) is 0.749. The molecule has 2 amide bonds. The third-order valence-corrected chi connectivity index (χ3v) is 4.42. The van der Waals surface area contributed by atoms with E-state index in [1.165, 1.54) is 12.8 Å². The van der Waals surface area contributed by atoms with Crippen molar-refractivity contribution in [1.82, 2.24) is 15.5 Å². The lowest BCUT2D eigenvalue weighted by atomic mass is 10.2. The van der Waals surface area contributed by atoms with Crippen molar-refractivity contribution in [2.75, 3.05) is 13.1 Å². The van der Waals surface area contributed by atoms with Gasteiger partial charge in [-0.15, -0.1) is 0 Å². The van der Waals surface area contributed by atoms with Gasteiger partial charge in [-0.1, -0.05) is 12.8 Å². The summed E-state index contributed by atoms with van der Waals surface area (Å²) in [5.41, 5.74) is 0. The Balaban J connectivity index is 1.50. The van der Waals surface area contributed by atoms with Crippen LogP contribution in [0.3, 0.4) is 0 Å². The second-order valence-corrected chi connectivity index (χ2v) is 6.53. The van der Waals surface area contributed by atoms with Gasteiger partial charge in [0.05, 0.1) is 13.1 Å². The van der Waals surface area contributed by atoms with E-state index >= 15 is 0 Å². The van der Waals surface area contributed by atoms with Gasteiger partial charge >= 0.3 is 0 Å². The minimum Gasteiger partial charge on any atom is -0.352 e. The van der Waals surface area contributed by atoms with Crippen LogP contribution in [0.2, 0.25) is 0 Å². The summed E-state index contributed by atoms with van der Waals surface area (Å²) in [5.74, 6) is 0.164. The second kappa shape index (κ2) is 6.12. The van der Waals surface area contributed by atoms with Gasteiger partial charge in [-0.05, 0) is 38.5 Å². The molecule has 0 atom stereocenters. The monoisotopic (exact) mass is 279 g/mol. The first kappa shape index (κ1) is 13.9. The summed E-state index contributed by atoms with van der Waals surface area (Å²) >= 11 is 0. The molecule has 0 heterocycles. The zero-order valence-corrected chi connectivity index (χ0v) is 12.1. The molecule has 3 aliphatic rings. The maximum Gasteiger partial charge on any atom is 0.234 e. The first-order valence-corrected chi connectivity index (χ1v) is 8.03. The third-order valence-electron chi connectivity index (χ3n) is 4.42. The molecule has 112 valence electrons. The lowest BCUT2D eigenvalue weighted by Crippen LogP contribution is -2.47.